The molecule has 0 radical (unpaired) electrons. The van der Waals surface area contributed by atoms with E-state index in [1.165, 1.54) is 72.9 Å². The third-order valence-electron chi connectivity index (χ3n) is 12.2. The molecule has 10 rings (SSSR count). The summed E-state index contributed by atoms with van der Waals surface area (Å²) in [6.45, 7) is 7.27. The van der Waals surface area contributed by atoms with Crippen LogP contribution in [0.2, 0.25) is 0 Å². The number of pyridine rings is 1. The van der Waals surface area contributed by atoms with Gasteiger partial charge in [0.25, 0.3) is 0 Å². The van der Waals surface area contributed by atoms with E-state index in [9.17, 15) is 0 Å². The summed E-state index contributed by atoms with van der Waals surface area (Å²) in [6, 6.07) is 45.4. The Kier molecular flexibility index (Phi) is 6.87. The summed E-state index contributed by atoms with van der Waals surface area (Å²) in [5, 5.41) is 2.59. The number of rotatable bonds is 4. The number of fused-ring (bicyclic) bond motifs is 3. The Morgan fingerprint density at radius 3 is 2.16 bits per heavy atom. The Labute approximate surface area is 300 Å². The van der Waals surface area contributed by atoms with Gasteiger partial charge in [-0.1, -0.05) is 124 Å². The van der Waals surface area contributed by atoms with E-state index in [1.807, 2.05) is 18.5 Å². The Balaban J connectivity index is 1.15. The maximum absolute atomic E-state index is 4.37. The van der Waals surface area contributed by atoms with E-state index in [0.29, 0.717) is 11.8 Å². The van der Waals surface area contributed by atoms with E-state index >= 15 is 0 Å². The molecule has 51 heavy (non-hydrogen) atoms. The Hall–Kier alpha value is -5.47. The fourth-order valence-electron chi connectivity index (χ4n) is 9.50. The molecular formula is C49H42N2. The molecule has 3 aliphatic carbocycles. The van der Waals surface area contributed by atoms with Gasteiger partial charge < -0.3 is 4.57 Å². The zero-order chi connectivity index (χ0) is 34.3. The molecule has 2 heterocycles. The van der Waals surface area contributed by atoms with Crippen molar-refractivity contribution in [3.05, 3.63) is 179 Å². The molecule has 3 atom stereocenters. The SMILES string of the molecule is CC(C)(C)C1Cc2ccc3c4c2C(C=CC4=C(c2ccc(-c4cccnc4)cc2)CC3c2cccc(-n3c4ccccc4c4ccccc43)c2)C1. The van der Waals surface area contributed by atoms with Gasteiger partial charge in [0, 0.05) is 40.7 Å². The second-order valence-corrected chi connectivity index (χ2v) is 16.0. The lowest BCUT2D eigenvalue weighted by atomic mass is 9.61. The molecule has 0 N–H and O–H groups in total. The molecule has 0 aliphatic heterocycles. The highest BCUT2D eigenvalue weighted by atomic mass is 15.0. The van der Waals surface area contributed by atoms with Crippen LogP contribution in [0.15, 0.2) is 146 Å². The van der Waals surface area contributed by atoms with Crippen molar-refractivity contribution in [1.29, 1.82) is 0 Å². The monoisotopic (exact) mass is 658 g/mol. The molecule has 0 bridgehead atoms. The molecule has 248 valence electrons. The van der Waals surface area contributed by atoms with Crippen molar-refractivity contribution in [2.75, 3.05) is 0 Å². The number of benzene rings is 5. The average molecular weight is 659 g/mol. The first kappa shape index (κ1) is 30.4. The molecule has 3 aliphatic rings. The van der Waals surface area contributed by atoms with Crippen LogP contribution in [0, 0.1) is 11.3 Å². The number of nitrogens with zero attached hydrogens (tertiary/aromatic N) is 2. The summed E-state index contributed by atoms with van der Waals surface area (Å²) < 4.78 is 2.46. The van der Waals surface area contributed by atoms with Crippen molar-refractivity contribution in [3.8, 4) is 16.8 Å². The predicted molar refractivity (Wildman–Crippen MR) is 213 cm³/mol. The van der Waals surface area contributed by atoms with E-state index in [-0.39, 0.29) is 11.3 Å². The quantitative estimate of drug-likeness (QED) is 0.184. The Bertz CT molecular complexity index is 2490. The summed E-state index contributed by atoms with van der Waals surface area (Å²) in [5.74, 6) is 1.39. The van der Waals surface area contributed by atoms with Crippen molar-refractivity contribution in [1.82, 2.24) is 9.55 Å². The second-order valence-electron chi connectivity index (χ2n) is 16.0. The summed E-state index contributed by atoms with van der Waals surface area (Å²) >= 11 is 0. The Morgan fingerprint density at radius 1 is 0.686 bits per heavy atom. The fourth-order valence-corrected chi connectivity index (χ4v) is 9.50. The molecule has 0 spiro atoms. The van der Waals surface area contributed by atoms with Gasteiger partial charge in [-0.3, -0.25) is 4.98 Å². The minimum absolute atomic E-state index is 0.252. The van der Waals surface area contributed by atoms with E-state index in [2.05, 4.69) is 158 Å². The maximum Gasteiger partial charge on any atom is 0.0541 e. The van der Waals surface area contributed by atoms with Gasteiger partial charge in [-0.2, -0.15) is 0 Å². The smallest absolute Gasteiger partial charge is 0.0541 e. The van der Waals surface area contributed by atoms with E-state index < -0.39 is 0 Å². The molecule has 7 aromatic rings. The Morgan fingerprint density at radius 2 is 1.43 bits per heavy atom. The first-order chi connectivity index (χ1) is 24.9. The molecule has 3 unspecified atom stereocenters. The normalized spacial score (nSPS) is 19.5. The highest BCUT2D eigenvalue weighted by Gasteiger charge is 2.39. The summed E-state index contributed by atoms with van der Waals surface area (Å²) in [5.41, 5.74) is 18.1. The summed E-state index contributed by atoms with van der Waals surface area (Å²) in [4.78, 5) is 4.37. The maximum atomic E-state index is 4.37. The number of hydrogen-bond donors (Lipinski definition) is 0. The van der Waals surface area contributed by atoms with Crippen LogP contribution in [-0.2, 0) is 6.42 Å². The third-order valence-corrected chi connectivity index (χ3v) is 12.2. The lowest BCUT2D eigenvalue weighted by Gasteiger charge is -2.43. The van der Waals surface area contributed by atoms with Crippen molar-refractivity contribution < 1.29 is 0 Å². The number of aromatic nitrogens is 2. The van der Waals surface area contributed by atoms with Gasteiger partial charge in [-0.25, -0.2) is 0 Å². The van der Waals surface area contributed by atoms with Crippen LogP contribution in [0.25, 0.3) is 49.8 Å². The van der Waals surface area contributed by atoms with Crippen LogP contribution in [0.4, 0.5) is 0 Å². The molecule has 0 fully saturated rings. The molecule has 2 nitrogen and oxygen atoms in total. The van der Waals surface area contributed by atoms with E-state index in [4.69, 9.17) is 0 Å². The largest absolute Gasteiger partial charge is 0.309 e. The van der Waals surface area contributed by atoms with Gasteiger partial charge in [-0.05, 0) is 117 Å². The first-order valence-corrected chi connectivity index (χ1v) is 18.6. The van der Waals surface area contributed by atoms with E-state index in [0.717, 1.165) is 18.4 Å². The summed E-state index contributed by atoms with van der Waals surface area (Å²) in [6.07, 6.45) is 12.2. The van der Waals surface area contributed by atoms with Gasteiger partial charge >= 0.3 is 0 Å². The highest BCUT2D eigenvalue weighted by Crippen LogP contribution is 2.55. The average Bonchev–Trinajstić information content (AvgIpc) is 3.51. The van der Waals surface area contributed by atoms with Gasteiger partial charge in [0.15, 0.2) is 0 Å². The van der Waals surface area contributed by atoms with Crippen molar-refractivity contribution in [3.63, 3.8) is 0 Å². The van der Waals surface area contributed by atoms with Gasteiger partial charge in [0.05, 0.1) is 11.0 Å². The fraction of sp³-hybridized carbons (Fsp3) is 0.204. The first-order valence-electron chi connectivity index (χ1n) is 18.6. The molecule has 5 aromatic carbocycles. The lowest BCUT2D eigenvalue weighted by Crippen LogP contribution is -2.31. The standard InChI is InChI=1S/C49H42N2/c1-49(2,3)37-26-34-21-23-41-43(32-19-17-31(18-20-32)36-11-9-25-50-30-36)29-44(42-24-22-35(27-37)47(34)48(41)42)33-10-8-12-38(28-33)51-45-15-6-4-13-39(45)40-14-5-7-16-46(40)51/h4-25,28,30,34,37,44H,26-27,29H2,1-3H3. The van der Waals surface area contributed by atoms with Crippen LogP contribution >= 0.6 is 0 Å². The van der Waals surface area contributed by atoms with Crippen molar-refractivity contribution >= 4 is 33.0 Å². The number of allylic oxidation sites excluding steroid dienone is 4. The summed E-state index contributed by atoms with van der Waals surface area (Å²) in [7, 11) is 0. The molecule has 2 heteroatoms. The van der Waals surface area contributed by atoms with Gasteiger partial charge in [0.2, 0.25) is 0 Å². The zero-order valence-electron chi connectivity index (χ0n) is 29.6. The lowest BCUT2D eigenvalue weighted by molar-refractivity contribution is 0.208. The second kappa shape index (κ2) is 11.5. The predicted octanol–water partition coefficient (Wildman–Crippen LogP) is 12.6. The molecular weight excluding hydrogens is 617 g/mol. The number of hydrogen-bond acceptors (Lipinski definition) is 1. The molecule has 0 saturated heterocycles. The third kappa shape index (κ3) is 4.88. The minimum Gasteiger partial charge on any atom is -0.309 e. The van der Waals surface area contributed by atoms with Crippen LogP contribution in [0.1, 0.15) is 78.8 Å². The molecule has 2 aromatic heterocycles. The van der Waals surface area contributed by atoms with Crippen LogP contribution < -0.4 is 0 Å². The van der Waals surface area contributed by atoms with E-state index in [1.54, 1.807) is 11.1 Å². The van der Waals surface area contributed by atoms with Crippen LogP contribution in [0.3, 0.4) is 0 Å². The molecule has 0 saturated carbocycles. The van der Waals surface area contributed by atoms with Crippen LogP contribution in [-0.4, -0.2) is 9.55 Å². The molecule has 0 amide bonds. The van der Waals surface area contributed by atoms with Crippen molar-refractivity contribution in [2.45, 2.75) is 51.9 Å². The topological polar surface area (TPSA) is 17.8 Å². The van der Waals surface area contributed by atoms with Gasteiger partial charge in [-0.15, -0.1) is 0 Å². The highest BCUT2D eigenvalue weighted by molar-refractivity contribution is 6.09. The van der Waals surface area contributed by atoms with Crippen molar-refractivity contribution in [2.24, 2.45) is 11.3 Å². The van der Waals surface area contributed by atoms with Gasteiger partial charge in [0.1, 0.15) is 0 Å². The number of para-hydroxylation sites is 2. The minimum atomic E-state index is 0.252. The van der Waals surface area contributed by atoms with Crippen LogP contribution in [0.5, 0.6) is 0 Å². The zero-order valence-corrected chi connectivity index (χ0v) is 29.6.